The highest BCUT2D eigenvalue weighted by molar-refractivity contribution is 14.0. The van der Waals surface area contributed by atoms with Crippen LogP contribution in [0.5, 0.6) is 0 Å². The SMILES string of the molecule is CC.I.c1ccc2c(c1)-c1cccc3cccc-2c13. The van der Waals surface area contributed by atoms with Crippen molar-refractivity contribution in [3.63, 3.8) is 0 Å². The molecule has 1 heteroatoms. The van der Waals surface area contributed by atoms with Gasteiger partial charge in [0.15, 0.2) is 0 Å². The molecule has 0 heterocycles. The molecule has 0 bridgehead atoms. The van der Waals surface area contributed by atoms with Crippen LogP contribution in [0, 0.1) is 0 Å². The lowest BCUT2D eigenvalue weighted by Gasteiger charge is -2.00. The van der Waals surface area contributed by atoms with Gasteiger partial charge in [-0.2, -0.15) is 0 Å². The van der Waals surface area contributed by atoms with Gasteiger partial charge >= 0.3 is 0 Å². The molecule has 1 aliphatic rings. The minimum absolute atomic E-state index is 0. The molecule has 0 atom stereocenters. The van der Waals surface area contributed by atoms with E-state index in [-0.39, 0.29) is 24.0 Å². The molecule has 1 aliphatic carbocycles. The van der Waals surface area contributed by atoms with Gasteiger partial charge in [0.1, 0.15) is 0 Å². The molecular formula is C18H17I. The number of hydrogen-bond acceptors (Lipinski definition) is 0. The fourth-order valence-corrected chi connectivity index (χ4v) is 2.74. The molecule has 0 amide bonds. The Labute approximate surface area is 131 Å². The van der Waals surface area contributed by atoms with E-state index < -0.39 is 0 Å². The quantitative estimate of drug-likeness (QED) is 0.331. The lowest BCUT2D eigenvalue weighted by molar-refractivity contribution is 1.50. The molecule has 0 radical (unpaired) electrons. The van der Waals surface area contributed by atoms with Crippen molar-refractivity contribution in [2.75, 3.05) is 0 Å². The molecule has 3 aromatic carbocycles. The Morgan fingerprint density at radius 1 is 0.526 bits per heavy atom. The minimum atomic E-state index is 0. The molecule has 0 aromatic heterocycles. The van der Waals surface area contributed by atoms with Crippen molar-refractivity contribution in [1.29, 1.82) is 0 Å². The summed E-state index contributed by atoms with van der Waals surface area (Å²) in [7, 11) is 0. The molecule has 3 aromatic rings. The Balaban J connectivity index is 0.000000426. The smallest absolute Gasteiger partial charge is 0.00264 e. The Hall–Kier alpha value is -1.35. The van der Waals surface area contributed by atoms with Crippen molar-refractivity contribution >= 4 is 34.7 Å². The van der Waals surface area contributed by atoms with Crippen molar-refractivity contribution in [2.24, 2.45) is 0 Å². The van der Waals surface area contributed by atoms with Crippen molar-refractivity contribution < 1.29 is 0 Å². The first-order chi connectivity index (χ1) is 8.95. The highest BCUT2D eigenvalue weighted by atomic mass is 127. The molecule has 0 aliphatic heterocycles. The van der Waals surface area contributed by atoms with E-state index in [1.807, 2.05) is 13.8 Å². The maximum atomic E-state index is 2.22. The lowest BCUT2D eigenvalue weighted by atomic mass is 10.0. The summed E-state index contributed by atoms with van der Waals surface area (Å²) in [4.78, 5) is 0. The molecule has 96 valence electrons. The molecule has 4 rings (SSSR count). The maximum absolute atomic E-state index is 2.22. The maximum Gasteiger partial charge on any atom is -0.00264 e. The summed E-state index contributed by atoms with van der Waals surface area (Å²) >= 11 is 0. The fraction of sp³-hybridized carbons (Fsp3) is 0.111. The summed E-state index contributed by atoms with van der Waals surface area (Å²) in [5, 5.41) is 2.75. The minimum Gasteiger partial charge on any atom is -0.107 e. The molecule has 0 fully saturated rings. The zero-order chi connectivity index (χ0) is 12.5. The van der Waals surface area contributed by atoms with Crippen LogP contribution >= 0.6 is 24.0 Å². The van der Waals surface area contributed by atoms with Crippen LogP contribution in [0.4, 0.5) is 0 Å². The van der Waals surface area contributed by atoms with E-state index in [4.69, 9.17) is 0 Å². The summed E-state index contributed by atoms with van der Waals surface area (Å²) < 4.78 is 0. The standard InChI is InChI=1S/C16H10.C2H6.HI/c1-2-8-13-12(7-1)14-9-3-5-11-6-4-10-15(13)16(11)14;1-2;/h1-10H;1-2H3;1H. The summed E-state index contributed by atoms with van der Waals surface area (Å²) in [6, 6.07) is 21.8. The second-order valence-electron chi connectivity index (χ2n) is 4.25. The van der Waals surface area contributed by atoms with E-state index in [1.165, 1.54) is 33.0 Å². The van der Waals surface area contributed by atoms with Gasteiger partial charge in [0.2, 0.25) is 0 Å². The first-order valence-corrected chi connectivity index (χ1v) is 6.57. The van der Waals surface area contributed by atoms with Crippen molar-refractivity contribution in [1.82, 2.24) is 0 Å². The van der Waals surface area contributed by atoms with Crippen LogP contribution in [-0.2, 0) is 0 Å². The second-order valence-corrected chi connectivity index (χ2v) is 4.25. The van der Waals surface area contributed by atoms with E-state index in [0.717, 1.165) is 0 Å². The molecule has 19 heavy (non-hydrogen) atoms. The molecular weight excluding hydrogens is 343 g/mol. The third-order valence-electron chi connectivity index (χ3n) is 3.41. The van der Waals surface area contributed by atoms with Crippen LogP contribution in [-0.4, -0.2) is 0 Å². The van der Waals surface area contributed by atoms with Gasteiger partial charge in [0.25, 0.3) is 0 Å². The number of benzene rings is 3. The van der Waals surface area contributed by atoms with Crippen LogP contribution in [0.1, 0.15) is 13.8 Å². The highest BCUT2D eigenvalue weighted by Gasteiger charge is 2.19. The highest BCUT2D eigenvalue weighted by Crippen LogP contribution is 2.46. The van der Waals surface area contributed by atoms with E-state index in [2.05, 4.69) is 60.7 Å². The summed E-state index contributed by atoms with van der Waals surface area (Å²) in [5.74, 6) is 0. The fourth-order valence-electron chi connectivity index (χ4n) is 2.74. The van der Waals surface area contributed by atoms with Crippen LogP contribution in [0.3, 0.4) is 0 Å². The molecule has 0 spiro atoms. The molecule has 0 N–H and O–H groups in total. The van der Waals surface area contributed by atoms with Crippen LogP contribution < -0.4 is 0 Å². The Morgan fingerprint density at radius 3 is 1.42 bits per heavy atom. The van der Waals surface area contributed by atoms with Gasteiger partial charge in [-0.15, -0.1) is 24.0 Å². The monoisotopic (exact) mass is 360 g/mol. The van der Waals surface area contributed by atoms with Crippen molar-refractivity contribution in [3.05, 3.63) is 60.7 Å². The van der Waals surface area contributed by atoms with Gasteiger partial charge in [-0.1, -0.05) is 74.5 Å². The van der Waals surface area contributed by atoms with Gasteiger partial charge < -0.3 is 0 Å². The molecule has 0 saturated heterocycles. The van der Waals surface area contributed by atoms with Gasteiger partial charge in [-0.05, 0) is 33.0 Å². The average molecular weight is 360 g/mol. The second kappa shape index (κ2) is 5.74. The molecule has 0 unspecified atom stereocenters. The topological polar surface area (TPSA) is 0 Å². The number of rotatable bonds is 0. The first kappa shape index (κ1) is 14.1. The van der Waals surface area contributed by atoms with Gasteiger partial charge in [-0.3, -0.25) is 0 Å². The van der Waals surface area contributed by atoms with Gasteiger partial charge in [0, 0.05) is 0 Å². The molecule has 0 saturated carbocycles. The third kappa shape index (κ3) is 2.06. The lowest BCUT2D eigenvalue weighted by Crippen LogP contribution is -1.73. The van der Waals surface area contributed by atoms with Crippen molar-refractivity contribution in [2.45, 2.75) is 13.8 Å². The van der Waals surface area contributed by atoms with E-state index in [0.29, 0.717) is 0 Å². The first-order valence-electron chi connectivity index (χ1n) is 6.57. The summed E-state index contributed by atoms with van der Waals surface area (Å²) in [6.07, 6.45) is 0. The summed E-state index contributed by atoms with van der Waals surface area (Å²) in [5.41, 5.74) is 5.50. The number of hydrogen-bond donors (Lipinski definition) is 0. The summed E-state index contributed by atoms with van der Waals surface area (Å²) in [6.45, 7) is 4.00. The van der Waals surface area contributed by atoms with E-state index >= 15 is 0 Å². The zero-order valence-electron chi connectivity index (χ0n) is 11.2. The van der Waals surface area contributed by atoms with Crippen molar-refractivity contribution in [3.8, 4) is 22.3 Å². The largest absolute Gasteiger partial charge is 0.107 e. The predicted molar refractivity (Wildman–Crippen MR) is 95.1 cm³/mol. The third-order valence-corrected chi connectivity index (χ3v) is 3.41. The van der Waals surface area contributed by atoms with Gasteiger partial charge in [-0.25, -0.2) is 0 Å². The van der Waals surface area contributed by atoms with E-state index in [1.54, 1.807) is 0 Å². The normalized spacial score (nSPS) is 10.2. The Bertz CT molecular complexity index is 656. The van der Waals surface area contributed by atoms with Gasteiger partial charge in [0.05, 0.1) is 0 Å². The van der Waals surface area contributed by atoms with Crippen LogP contribution in [0.25, 0.3) is 33.0 Å². The number of halogens is 1. The predicted octanol–water partition coefficient (Wildman–Crippen LogP) is 6.13. The molecule has 0 nitrogen and oxygen atoms in total. The van der Waals surface area contributed by atoms with Crippen LogP contribution in [0.2, 0.25) is 0 Å². The number of fused-ring (bicyclic) bond motifs is 3. The average Bonchev–Trinajstić information content (AvgIpc) is 2.79. The zero-order valence-corrected chi connectivity index (χ0v) is 13.5. The Morgan fingerprint density at radius 2 is 0.947 bits per heavy atom. The van der Waals surface area contributed by atoms with E-state index in [9.17, 15) is 0 Å². The van der Waals surface area contributed by atoms with Crippen LogP contribution in [0.15, 0.2) is 60.7 Å². The Kier molecular flexibility index (Phi) is 4.25.